The van der Waals surface area contributed by atoms with Gasteiger partial charge in [-0.3, -0.25) is 9.59 Å². The highest BCUT2D eigenvalue weighted by Gasteiger charge is 2.16. The van der Waals surface area contributed by atoms with E-state index >= 15 is 0 Å². The van der Waals surface area contributed by atoms with Gasteiger partial charge in [-0.1, -0.05) is 30.3 Å². The van der Waals surface area contributed by atoms with Gasteiger partial charge in [-0.2, -0.15) is 0 Å². The Morgan fingerprint density at radius 3 is 2.28 bits per heavy atom. The lowest BCUT2D eigenvalue weighted by atomic mass is 10.3. The Morgan fingerprint density at radius 2 is 1.56 bits per heavy atom. The highest BCUT2D eigenvalue weighted by Crippen LogP contribution is 2.28. The fourth-order valence-electron chi connectivity index (χ4n) is 2.82. The van der Waals surface area contributed by atoms with E-state index in [0.717, 1.165) is 4.90 Å². The van der Waals surface area contributed by atoms with Crippen molar-refractivity contribution in [2.24, 2.45) is 0 Å². The van der Waals surface area contributed by atoms with Crippen LogP contribution in [-0.4, -0.2) is 30.3 Å². The van der Waals surface area contributed by atoms with Crippen molar-refractivity contribution in [3.05, 3.63) is 78.9 Å². The predicted octanol–water partition coefficient (Wildman–Crippen LogP) is 5.22. The van der Waals surface area contributed by atoms with Gasteiger partial charge in [0.15, 0.2) is 6.61 Å². The van der Waals surface area contributed by atoms with Gasteiger partial charge in [0.1, 0.15) is 11.5 Å². The summed E-state index contributed by atoms with van der Waals surface area (Å²) in [7, 11) is 0. The van der Waals surface area contributed by atoms with Crippen molar-refractivity contribution in [1.82, 2.24) is 0 Å². The fraction of sp³-hybridized carbons (Fsp3) is 0.200. The molecule has 0 spiro atoms. The standard InChI is InChI=1S/C25H26N2O4S/c1-3-30-23-12-8-7-11-22(23)27-25(29)18(2)32-21-15-13-19(14-16-21)26-24(28)17-31-20-9-5-4-6-10-20/h4-16,18H,3,17H2,1-2H3,(H,26,28)(H,27,29). The number of anilines is 2. The molecular weight excluding hydrogens is 424 g/mol. The smallest absolute Gasteiger partial charge is 0.262 e. The van der Waals surface area contributed by atoms with Crippen molar-refractivity contribution >= 4 is 35.0 Å². The molecule has 0 radical (unpaired) electrons. The number of para-hydroxylation sites is 3. The first-order valence-electron chi connectivity index (χ1n) is 10.3. The monoisotopic (exact) mass is 450 g/mol. The highest BCUT2D eigenvalue weighted by atomic mass is 32.2. The number of hydrogen-bond donors (Lipinski definition) is 2. The van der Waals surface area contributed by atoms with Gasteiger partial charge in [-0.15, -0.1) is 11.8 Å². The first kappa shape index (κ1) is 23.2. The average molecular weight is 451 g/mol. The Hall–Kier alpha value is -3.45. The third-order valence-electron chi connectivity index (χ3n) is 4.38. The molecule has 2 N–H and O–H groups in total. The van der Waals surface area contributed by atoms with Crippen LogP contribution in [0.25, 0.3) is 0 Å². The number of rotatable bonds is 10. The van der Waals surface area contributed by atoms with E-state index in [2.05, 4.69) is 10.6 Å². The van der Waals surface area contributed by atoms with E-state index in [1.54, 1.807) is 24.3 Å². The molecule has 3 aromatic rings. The Kier molecular flexibility index (Phi) is 8.57. The Bertz CT molecular complexity index is 1030. The first-order valence-corrected chi connectivity index (χ1v) is 11.2. The summed E-state index contributed by atoms with van der Waals surface area (Å²) in [5, 5.41) is 5.41. The van der Waals surface area contributed by atoms with Crippen LogP contribution in [0.3, 0.4) is 0 Å². The zero-order valence-corrected chi connectivity index (χ0v) is 18.9. The molecule has 1 atom stereocenters. The topological polar surface area (TPSA) is 76.7 Å². The van der Waals surface area contributed by atoms with Gasteiger partial charge in [-0.05, 0) is 62.4 Å². The molecule has 3 aromatic carbocycles. The van der Waals surface area contributed by atoms with E-state index in [9.17, 15) is 9.59 Å². The summed E-state index contributed by atoms with van der Waals surface area (Å²) in [6.07, 6.45) is 0. The number of carbonyl (C=O) groups excluding carboxylic acids is 2. The lowest BCUT2D eigenvalue weighted by Gasteiger charge is -2.15. The van der Waals surface area contributed by atoms with Crippen LogP contribution in [0.1, 0.15) is 13.8 Å². The second-order valence-corrected chi connectivity index (χ2v) is 8.27. The molecular formula is C25H26N2O4S. The molecule has 32 heavy (non-hydrogen) atoms. The number of benzene rings is 3. The van der Waals surface area contributed by atoms with E-state index in [-0.39, 0.29) is 23.7 Å². The molecule has 3 rings (SSSR count). The van der Waals surface area contributed by atoms with Crippen molar-refractivity contribution in [2.45, 2.75) is 24.0 Å². The summed E-state index contributed by atoms with van der Waals surface area (Å²) < 4.78 is 11.0. The molecule has 0 aromatic heterocycles. The summed E-state index contributed by atoms with van der Waals surface area (Å²) in [6.45, 7) is 4.21. The quantitative estimate of drug-likeness (QED) is 0.414. The minimum absolute atomic E-state index is 0.0685. The molecule has 6 nitrogen and oxygen atoms in total. The SMILES string of the molecule is CCOc1ccccc1NC(=O)C(C)Sc1ccc(NC(=O)COc2ccccc2)cc1. The normalized spacial score (nSPS) is 11.3. The molecule has 0 aliphatic rings. The summed E-state index contributed by atoms with van der Waals surface area (Å²) >= 11 is 1.44. The maximum absolute atomic E-state index is 12.6. The van der Waals surface area contributed by atoms with Gasteiger partial charge in [0.05, 0.1) is 17.5 Å². The highest BCUT2D eigenvalue weighted by molar-refractivity contribution is 8.00. The van der Waals surface area contributed by atoms with Crippen molar-refractivity contribution < 1.29 is 19.1 Å². The Balaban J connectivity index is 1.49. The number of amides is 2. The van der Waals surface area contributed by atoms with Crippen LogP contribution in [-0.2, 0) is 9.59 Å². The summed E-state index contributed by atoms with van der Waals surface area (Å²) in [5.74, 6) is 0.940. The Morgan fingerprint density at radius 1 is 0.875 bits per heavy atom. The maximum atomic E-state index is 12.6. The van der Waals surface area contributed by atoms with E-state index in [0.29, 0.717) is 29.5 Å². The zero-order valence-electron chi connectivity index (χ0n) is 18.0. The predicted molar refractivity (Wildman–Crippen MR) is 129 cm³/mol. The summed E-state index contributed by atoms with van der Waals surface area (Å²) in [6, 6.07) is 23.9. The summed E-state index contributed by atoms with van der Waals surface area (Å²) in [5.41, 5.74) is 1.32. The second kappa shape index (κ2) is 11.8. The average Bonchev–Trinajstić information content (AvgIpc) is 2.81. The van der Waals surface area contributed by atoms with Crippen LogP contribution in [0, 0.1) is 0 Å². The minimum Gasteiger partial charge on any atom is -0.492 e. The van der Waals surface area contributed by atoms with Crippen molar-refractivity contribution in [3.8, 4) is 11.5 Å². The van der Waals surface area contributed by atoms with Gasteiger partial charge in [0.25, 0.3) is 5.91 Å². The molecule has 1 unspecified atom stereocenters. The minimum atomic E-state index is -0.315. The van der Waals surface area contributed by atoms with Crippen LogP contribution >= 0.6 is 11.8 Å². The third kappa shape index (κ3) is 7.06. The number of carbonyl (C=O) groups is 2. The Labute approximate surface area is 192 Å². The van der Waals surface area contributed by atoms with Gasteiger partial charge in [-0.25, -0.2) is 0 Å². The molecule has 0 saturated heterocycles. The van der Waals surface area contributed by atoms with Crippen LogP contribution in [0.2, 0.25) is 0 Å². The van der Waals surface area contributed by atoms with E-state index in [1.807, 2.05) is 68.4 Å². The maximum Gasteiger partial charge on any atom is 0.262 e. The molecule has 166 valence electrons. The van der Waals surface area contributed by atoms with Crippen LogP contribution in [0.15, 0.2) is 83.8 Å². The molecule has 0 aliphatic heterocycles. The molecule has 0 heterocycles. The van der Waals surface area contributed by atoms with Crippen LogP contribution in [0.5, 0.6) is 11.5 Å². The summed E-state index contributed by atoms with van der Waals surface area (Å²) in [4.78, 5) is 25.6. The molecule has 0 fully saturated rings. The molecule has 2 amide bonds. The molecule has 0 saturated carbocycles. The molecule has 0 aliphatic carbocycles. The van der Waals surface area contributed by atoms with Crippen molar-refractivity contribution in [1.29, 1.82) is 0 Å². The van der Waals surface area contributed by atoms with Gasteiger partial charge >= 0.3 is 0 Å². The molecule has 7 heteroatoms. The van der Waals surface area contributed by atoms with E-state index in [1.165, 1.54) is 11.8 Å². The number of ether oxygens (including phenoxy) is 2. The van der Waals surface area contributed by atoms with E-state index < -0.39 is 0 Å². The van der Waals surface area contributed by atoms with E-state index in [4.69, 9.17) is 9.47 Å². The number of hydrogen-bond acceptors (Lipinski definition) is 5. The van der Waals surface area contributed by atoms with Crippen molar-refractivity contribution in [3.63, 3.8) is 0 Å². The van der Waals surface area contributed by atoms with Crippen LogP contribution < -0.4 is 20.1 Å². The number of thioether (sulfide) groups is 1. The lowest BCUT2D eigenvalue weighted by molar-refractivity contribution is -0.118. The van der Waals surface area contributed by atoms with Crippen LogP contribution in [0.4, 0.5) is 11.4 Å². The van der Waals surface area contributed by atoms with Crippen molar-refractivity contribution in [2.75, 3.05) is 23.8 Å². The van der Waals surface area contributed by atoms with Gasteiger partial charge in [0.2, 0.25) is 5.91 Å². The fourth-order valence-corrected chi connectivity index (χ4v) is 3.69. The zero-order chi connectivity index (χ0) is 22.8. The van der Waals surface area contributed by atoms with Gasteiger partial charge in [0, 0.05) is 10.6 Å². The van der Waals surface area contributed by atoms with Gasteiger partial charge < -0.3 is 20.1 Å². The molecule has 0 bridgehead atoms. The second-order valence-electron chi connectivity index (χ2n) is 6.85. The third-order valence-corrected chi connectivity index (χ3v) is 5.49. The largest absolute Gasteiger partial charge is 0.492 e. The lowest BCUT2D eigenvalue weighted by Crippen LogP contribution is -2.22. The first-order chi connectivity index (χ1) is 15.5. The number of nitrogens with one attached hydrogen (secondary N) is 2.